The third kappa shape index (κ3) is 2.71. The fraction of sp³-hybridized carbons (Fsp3) is 0.214. The van der Waals surface area contributed by atoms with Gasteiger partial charge in [-0.25, -0.2) is 8.42 Å². The molecule has 1 aromatic heterocycles. The van der Waals surface area contributed by atoms with Crippen molar-refractivity contribution in [2.45, 2.75) is 23.2 Å². The molecule has 116 valence electrons. The van der Waals surface area contributed by atoms with E-state index in [9.17, 15) is 13.2 Å². The topological polar surface area (TPSA) is 80.5 Å². The van der Waals surface area contributed by atoms with Crippen LogP contribution in [0.25, 0.3) is 0 Å². The number of halogens is 1. The molecule has 0 bridgehead atoms. The normalized spacial score (nSPS) is 18.9. The van der Waals surface area contributed by atoms with Crippen molar-refractivity contribution in [1.82, 2.24) is 4.31 Å². The van der Waals surface area contributed by atoms with E-state index in [1.807, 2.05) is 24.3 Å². The second kappa shape index (κ2) is 5.77. The number of primary amides is 1. The zero-order chi connectivity index (χ0) is 15.9. The first-order chi connectivity index (χ1) is 10.4. The lowest BCUT2D eigenvalue weighted by molar-refractivity contribution is -0.122. The SMILES string of the molecule is NC(=O)[C@H]1Cc2ccccc2CN1S(=O)(=O)c1ccc(Br)s1. The Morgan fingerprint density at radius 1 is 1.23 bits per heavy atom. The molecule has 1 atom stereocenters. The maximum Gasteiger partial charge on any atom is 0.253 e. The predicted molar refractivity (Wildman–Crippen MR) is 87.9 cm³/mol. The Morgan fingerprint density at radius 2 is 1.91 bits per heavy atom. The van der Waals surface area contributed by atoms with Gasteiger partial charge >= 0.3 is 0 Å². The van der Waals surface area contributed by atoms with Gasteiger partial charge in [0.25, 0.3) is 10.0 Å². The zero-order valence-electron chi connectivity index (χ0n) is 11.4. The summed E-state index contributed by atoms with van der Waals surface area (Å²) in [4.78, 5) is 11.8. The molecule has 0 saturated heterocycles. The first kappa shape index (κ1) is 15.7. The number of carbonyl (C=O) groups is 1. The smallest absolute Gasteiger partial charge is 0.253 e. The van der Waals surface area contributed by atoms with E-state index < -0.39 is 22.0 Å². The van der Waals surface area contributed by atoms with Crippen molar-refractivity contribution in [2.75, 3.05) is 0 Å². The highest BCUT2D eigenvalue weighted by Gasteiger charge is 2.39. The molecular formula is C14H13BrN2O3S2. The van der Waals surface area contributed by atoms with Crippen molar-refractivity contribution in [3.8, 4) is 0 Å². The molecule has 1 aromatic carbocycles. The van der Waals surface area contributed by atoms with Gasteiger partial charge in [0, 0.05) is 6.54 Å². The number of nitrogens with zero attached hydrogens (tertiary/aromatic N) is 1. The Bertz CT molecular complexity index is 832. The first-order valence-corrected chi connectivity index (χ1v) is 9.58. The van der Waals surface area contributed by atoms with E-state index in [0.29, 0.717) is 6.42 Å². The second-order valence-corrected chi connectivity index (χ2v) is 9.58. The minimum absolute atomic E-state index is 0.154. The minimum atomic E-state index is -3.76. The molecule has 5 nitrogen and oxygen atoms in total. The number of carbonyl (C=O) groups excluding carboxylic acids is 1. The quantitative estimate of drug-likeness (QED) is 0.856. The summed E-state index contributed by atoms with van der Waals surface area (Å²) in [5.41, 5.74) is 7.31. The van der Waals surface area contributed by atoms with Gasteiger partial charge in [-0.05, 0) is 45.6 Å². The molecule has 0 saturated carbocycles. The average Bonchev–Trinajstić information content (AvgIpc) is 2.93. The van der Waals surface area contributed by atoms with Gasteiger partial charge in [0.1, 0.15) is 10.3 Å². The van der Waals surface area contributed by atoms with Gasteiger partial charge in [0.05, 0.1) is 3.79 Å². The third-order valence-corrected chi connectivity index (χ3v) is 7.59. The number of benzene rings is 1. The van der Waals surface area contributed by atoms with Gasteiger partial charge < -0.3 is 5.73 Å². The van der Waals surface area contributed by atoms with Crippen molar-refractivity contribution in [3.63, 3.8) is 0 Å². The molecule has 2 aromatic rings. The first-order valence-electron chi connectivity index (χ1n) is 6.53. The van der Waals surface area contributed by atoms with Crippen LogP contribution in [0.5, 0.6) is 0 Å². The van der Waals surface area contributed by atoms with E-state index in [4.69, 9.17) is 5.73 Å². The van der Waals surface area contributed by atoms with E-state index in [-0.39, 0.29) is 10.8 Å². The fourth-order valence-electron chi connectivity index (χ4n) is 2.55. The molecule has 22 heavy (non-hydrogen) atoms. The molecule has 0 spiro atoms. The Kier molecular flexibility index (Phi) is 4.11. The molecule has 1 amide bonds. The van der Waals surface area contributed by atoms with E-state index in [0.717, 1.165) is 26.3 Å². The number of hydrogen-bond acceptors (Lipinski definition) is 4. The minimum Gasteiger partial charge on any atom is -0.368 e. The molecule has 3 rings (SSSR count). The van der Waals surface area contributed by atoms with Gasteiger partial charge in [0.2, 0.25) is 5.91 Å². The van der Waals surface area contributed by atoms with Crippen LogP contribution in [0.3, 0.4) is 0 Å². The van der Waals surface area contributed by atoms with Gasteiger partial charge in [-0.15, -0.1) is 11.3 Å². The highest BCUT2D eigenvalue weighted by molar-refractivity contribution is 9.11. The average molecular weight is 401 g/mol. The van der Waals surface area contributed by atoms with E-state index in [1.54, 1.807) is 6.07 Å². The zero-order valence-corrected chi connectivity index (χ0v) is 14.6. The van der Waals surface area contributed by atoms with Gasteiger partial charge in [-0.1, -0.05) is 24.3 Å². The molecule has 0 aliphatic carbocycles. The number of rotatable bonds is 3. The summed E-state index contributed by atoms with van der Waals surface area (Å²) < 4.78 is 27.8. The number of nitrogens with two attached hydrogens (primary N) is 1. The molecular weight excluding hydrogens is 388 g/mol. The van der Waals surface area contributed by atoms with E-state index in [2.05, 4.69) is 15.9 Å². The molecule has 2 N–H and O–H groups in total. The molecule has 0 fully saturated rings. The van der Waals surface area contributed by atoms with Crippen LogP contribution in [0.2, 0.25) is 0 Å². The van der Waals surface area contributed by atoms with Crippen molar-refractivity contribution >= 4 is 43.2 Å². The maximum atomic E-state index is 12.8. The lowest BCUT2D eigenvalue weighted by Crippen LogP contribution is -2.50. The summed E-state index contributed by atoms with van der Waals surface area (Å²) in [5.74, 6) is -0.631. The summed E-state index contributed by atoms with van der Waals surface area (Å²) in [6, 6.07) is 9.85. The summed E-state index contributed by atoms with van der Waals surface area (Å²) in [6.07, 6.45) is 0.303. The summed E-state index contributed by atoms with van der Waals surface area (Å²) in [6.45, 7) is 0.154. The lowest BCUT2D eigenvalue weighted by atomic mass is 9.96. The van der Waals surface area contributed by atoms with E-state index in [1.165, 1.54) is 10.4 Å². The Labute approximate surface area is 140 Å². The van der Waals surface area contributed by atoms with Crippen molar-refractivity contribution < 1.29 is 13.2 Å². The molecule has 1 aliphatic heterocycles. The maximum absolute atomic E-state index is 12.8. The number of amides is 1. The second-order valence-electron chi connectivity index (χ2n) is 5.00. The molecule has 2 heterocycles. The van der Waals surface area contributed by atoms with Crippen LogP contribution in [0.15, 0.2) is 44.4 Å². The van der Waals surface area contributed by atoms with Crippen LogP contribution < -0.4 is 5.73 Å². The largest absolute Gasteiger partial charge is 0.368 e. The highest BCUT2D eigenvalue weighted by Crippen LogP contribution is 2.33. The summed E-state index contributed by atoms with van der Waals surface area (Å²) >= 11 is 4.38. The van der Waals surface area contributed by atoms with Crippen LogP contribution in [0, 0.1) is 0 Å². The van der Waals surface area contributed by atoms with Gasteiger partial charge in [-0.3, -0.25) is 4.79 Å². The van der Waals surface area contributed by atoms with Gasteiger partial charge in [-0.2, -0.15) is 4.31 Å². The Balaban J connectivity index is 2.06. The summed E-state index contributed by atoms with van der Waals surface area (Å²) in [7, 11) is -3.76. The van der Waals surface area contributed by atoms with Gasteiger partial charge in [0.15, 0.2) is 0 Å². The molecule has 1 aliphatic rings. The predicted octanol–water partition coefficient (Wildman–Crippen LogP) is 2.11. The number of thiophene rings is 1. The van der Waals surface area contributed by atoms with Crippen LogP contribution in [0.1, 0.15) is 11.1 Å². The Morgan fingerprint density at radius 3 is 2.50 bits per heavy atom. The number of fused-ring (bicyclic) bond motifs is 1. The Hall–Kier alpha value is -1.22. The van der Waals surface area contributed by atoms with Crippen LogP contribution >= 0.6 is 27.3 Å². The molecule has 0 radical (unpaired) electrons. The fourth-order valence-corrected chi connectivity index (χ4v) is 6.26. The number of hydrogen-bond donors (Lipinski definition) is 1. The van der Waals surface area contributed by atoms with Crippen LogP contribution in [-0.4, -0.2) is 24.7 Å². The monoisotopic (exact) mass is 400 g/mol. The lowest BCUT2D eigenvalue weighted by Gasteiger charge is -2.33. The van der Waals surface area contributed by atoms with Crippen LogP contribution in [0.4, 0.5) is 0 Å². The highest BCUT2D eigenvalue weighted by atomic mass is 79.9. The van der Waals surface area contributed by atoms with Crippen LogP contribution in [-0.2, 0) is 27.8 Å². The molecule has 0 unspecified atom stereocenters. The molecule has 8 heteroatoms. The van der Waals surface area contributed by atoms with Crippen molar-refractivity contribution in [1.29, 1.82) is 0 Å². The van der Waals surface area contributed by atoms with E-state index >= 15 is 0 Å². The third-order valence-electron chi connectivity index (χ3n) is 3.65. The van der Waals surface area contributed by atoms with Crippen molar-refractivity contribution in [2.24, 2.45) is 5.73 Å². The summed E-state index contributed by atoms with van der Waals surface area (Å²) in [5, 5.41) is 0. The number of sulfonamides is 1. The standard InChI is InChI=1S/C14H13BrN2O3S2/c15-12-5-6-13(21-12)22(19,20)17-8-10-4-2-1-3-9(10)7-11(17)14(16)18/h1-6,11H,7-8H2,(H2,16,18)/t11-/m1/s1. The van der Waals surface area contributed by atoms with Crippen molar-refractivity contribution in [3.05, 3.63) is 51.3 Å².